The molecule has 5 heteroatoms. The van der Waals surface area contributed by atoms with Crippen LogP contribution >= 0.6 is 0 Å². The molecule has 0 bridgehead atoms. The van der Waals surface area contributed by atoms with Crippen LogP contribution in [0, 0.1) is 0 Å². The van der Waals surface area contributed by atoms with E-state index in [1.165, 1.54) is 6.07 Å². The number of para-hydroxylation sites is 1. The Morgan fingerprint density at radius 1 is 1.47 bits per heavy atom. The van der Waals surface area contributed by atoms with Crippen LogP contribution in [0.25, 0.3) is 0 Å². The van der Waals surface area contributed by atoms with Gasteiger partial charge in [-0.3, -0.25) is 0 Å². The van der Waals surface area contributed by atoms with Gasteiger partial charge < -0.3 is 14.4 Å². The van der Waals surface area contributed by atoms with Crippen LogP contribution in [0.2, 0.25) is 0 Å². The van der Waals surface area contributed by atoms with Gasteiger partial charge in [0.1, 0.15) is 17.9 Å². The molecule has 0 amide bonds. The molecule has 0 radical (unpaired) electrons. The number of ether oxygens (including phenoxy) is 1. The third-order valence-corrected chi connectivity index (χ3v) is 2.41. The van der Waals surface area contributed by atoms with Crippen LogP contribution in [0.15, 0.2) is 36.8 Å². The van der Waals surface area contributed by atoms with Gasteiger partial charge in [-0.15, -0.1) is 0 Å². The molecule has 17 heavy (non-hydrogen) atoms. The summed E-state index contributed by atoms with van der Waals surface area (Å²) in [6.45, 7) is 0.292. The van der Waals surface area contributed by atoms with E-state index in [9.17, 15) is 4.79 Å². The standard InChI is InChI=1S/C12H12N2O3/c1-14-8-13-6-9(14)7-17-11-5-3-2-4-10(11)12(15)16/h2-6,8H,7H2,1H3,(H,15,16). The monoisotopic (exact) mass is 232 g/mol. The number of aromatic nitrogens is 2. The fraction of sp³-hybridized carbons (Fsp3) is 0.167. The Hall–Kier alpha value is -2.30. The summed E-state index contributed by atoms with van der Waals surface area (Å²) >= 11 is 0. The molecule has 2 aromatic rings. The van der Waals surface area contributed by atoms with Crippen molar-refractivity contribution in [1.29, 1.82) is 0 Å². The fourth-order valence-corrected chi connectivity index (χ4v) is 1.44. The summed E-state index contributed by atoms with van der Waals surface area (Å²) in [6, 6.07) is 6.56. The lowest BCUT2D eigenvalue weighted by molar-refractivity contribution is 0.0691. The van der Waals surface area contributed by atoms with Crippen molar-refractivity contribution in [1.82, 2.24) is 9.55 Å². The van der Waals surface area contributed by atoms with Gasteiger partial charge in [0.15, 0.2) is 0 Å². The summed E-state index contributed by atoms with van der Waals surface area (Å²) in [5.74, 6) is -0.633. The van der Waals surface area contributed by atoms with Gasteiger partial charge in [0.25, 0.3) is 0 Å². The van der Waals surface area contributed by atoms with Gasteiger partial charge in [0, 0.05) is 7.05 Å². The van der Waals surface area contributed by atoms with Crippen LogP contribution in [0.4, 0.5) is 0 Å². The fourth-order valence-electron chi connectivity index (χ4n) is 1.44. The zero-order chi connectivity index (χ0) is 12.3. The first-order valence-corrected chi connectivity index (χ1v) is 5.09. The van der Waals surface area contributed by atoms with Crippen molar-refractivity contribution in [3.05, 3.63) is 48.0 Å². The molecule has 0 saturated carbocycles. The van der Waals surface area contributed by atoms with Gasteiger partial charge in [-0.25, -0.2) is 9.78 Å². The van der Waals surface area contributed by atoms with E-state index in [1.54, 1.807) is 30.7 Å². The summed E-state index contributed by atoms with van der Waals surface area (Å²) in [6.07, 6.45) is 3.35. The molecule has 0 aliphatic carbocycles. The van der Waals surface area contributed by atoms with Gasteiger partial charge >= 0.3 is 5.97 Å². The third kappa shape index (κ3) is 2.44. The number of carboxylic acids is 1. The van der Waals surface area contributed by atoms with Crippen molar-refractivity contribution in [2.75, 3.05) is 0 Å². The number of benzene rings is 1. The maximum Gasteiger partial charge on any atom is 0.339 e. The van der Waals surface area contributed by atoms with Crippen LogP contribution in [0.5, 0.6) is 5.75 Å². The number of nitrogens with zero attached hydrogens (tertiary/aromatic N) is 2. The molecule has 0 unspecified atom stereocenters. The van der Waals surface area contributed by atoms with Crippen LogP contribution in [0.1, 0.15) is 16.1 Å². The van der Waals surface area contributed by atoms with E-state index >= 15 is 0 Å². The van der Waals surface area contributed by atoms with Crippen molar-refractivity contribution in [2.45, 2.75) is 6.61 Å². The Bertz CT molecular complexity index is 534. The Morgan fingerprint density at radius 3 is 2.88 bits per heavy atom. The van der Waals surface area contributed by atoms with Gasteiger partial charge in [0.05, 0.1) is 18.2 Å². The van der Waals surface area contributed by atoms with Gasteiger partial charge in [-0.1, -0.05) is 12.1 Å². The second-order valence-corrected chi connectivity index (χ2v) is 3.59. The summed E-state index contributed by atoms with van der Waals surface area (Å²) in [4.78, 5) is 14.9. The molecule has 1 N–H and O–H groups in total. The highest BCUT2D eigenvalue weighted by Crippen LogP contribution is 2.18. The van der Waals surface area contributed by atoms with Crippen LogP contribution < -0.4 is 4.74 Å². The van der Waals surface area contributed by atoms with Gasteiger partial charge in [-0.2, -0.15) is 0 Å². The zero-order valence-corrected chi connectivity index (χ0v) is 9.33. The molecule has 1 aromatic heterocycles. The number of carboxylic acid groups (broad SMARTS) is 1. The van der Waals surface area contributed by atoms with Crippen LogP contribution in [-0.2, 0) is 13.7 Å². The SMILES string of the molecule is Cn1cncc1COc1ccccc1C(=O)O. The highest BCUT2D eigenvalue weighted by Gasteiger charge is 2.10. The number of aryl methyl sites for hydroxylation is 1. The number of rotatable bonds is 4. The topological polar surface area (TPSA) is 64.4 Å². The largest absolute Gasteiger partial charge is 0.486 e. The average Bonchev–Trinajstić information content (AvgIpc) is 2.72. The average molecular weight is 232 g/mol. The molecule has 0 atom stereocenters. The van der Waals surface area contributed by atoms with Crippen LogP contribution in [-0.4, -0.2) is 20.6 Å². The molecule has 1 aromatic carbocycles. The predicted molar refractivity (Wildman–Crippen MR) is 60.9 cm³/mol. The molecule has 0 saturated heterocycles. The minimum Gasteiger partial charge on any atom is -0.486 e. The molecule has 0 fully saturated rings. The Labute approximate surface area is 98.3 Å². The van der Waals surface area contributed by atoms with E-state index in [4.69, 9.17) is 9.84 Å². The maximum atomic E-state index is 11.0. The number of hydrogen-bond donors (Lipinski definition) is 1. The number of aromatic carboxylic acids is 1. The molecule has 0 spiro atoms. The quantitative estimate of drug-likeness (QED) is 0.871. The second-order valence-electron chi connectivity index (χ2n) is 3.59. The van der Waals surface area contributed by atoms with Crippen molar-refractivity contribution in [3.63, 3.8) is 0 Å². The Kier molecular flexibility index (Phi) is 3.09. The van der Waals surface area contributed by atoms with E-state index < -0.39 is 5.97 Å². The Balaban J connectivity index is 2.14. The minimum atomic E-state index is -0.995. The number of imidazole rings is 1. The van der Waals surface area contributed by atoms with Gasteiger partial charge in [-0.05, 0) is 12.1 Å². The van der Waals surface area contributed by atoms with Crippen molar-refractivity contribution in [3.8, 4) is 5.75 Å². The van der Waals surface area contributed by atoms with Crippen molar-refractivity contribution < 1.29 is 14.6 Å². The smallest absolute Gasteiger partial charge is 0.339 e. The normalized spacial score (nSPS) is 10.2. The lowest BCUT2D eigenvalue weighted by Crippen LogP contribution is -2.05. The number of hydrogen-bond acceptors (Lipinski definition) is 3. The molecular formula is C12H12N2O3. The summed E-state index contributed by atoms with van der Waals surface area (Å²) in [5, 5.41) is 8.98. The molecule has 5 nitrogen and oxygen atoms in total. The third-order valence-electron chi connectivity index (χ3n) is 2.41. The predicted octanol–water partition coefficient (Wildman–Crippen LogP) is 1.70. The first-order valence-electron chi connectivity index (χ1n) is 5.09. The van der Waals surface area contributed by atoms with E-state index in [-0.39, 0.29) is 5.56 Å². The summed E-state index contributed by atoms with van der Waals surface area (Å²) in [7, 11) is 1.86. The molecule has 1 heterocycles. The van der Waals surface area contributed by atoms with E-state index in [1.807, 2.05) is 11.6 Å². The molecule has 0 aliphatic heterocycles. The lowest BCUT2D eigenvalue weighted by atomic mass is 10.2. The maximum absolute atomic E-state index is 11.0. The first kappa shape index (κ1) is 11.2. The van der Waals surface area contributed by atoms with E-state index in [0.29, 0.717) is 12.4 Å². The minimum absolute atomic E-state index is 0.162. The molecule has 2 rings (SSSR count). The second kappa shape index (κ2) is 4.69. The highest BCUT2D eigenvalue weighted by molar-refractivity contribution is 5.90. The molecular weight excluding hydrogens is 220 g/mol. The van der Waals surface area contributed by atoms with Crippen molar-refractivity contribution >= 4 is 5.97 Å². The summed E-state index contributed by atoms with van der Waals surface area (Å²) in [5.41, 5.74) is 1.04. The lowest BCUT2D eigenvalue weighted by Gasteiger charge is -2.08. The first-order chi connectivity index (χ1) is 8.18. The van der Waals surface area contributed by atoms with Crippen molar-refractivity contribution in [2.24, 2.45) is 7.05 Å². The molecule has 0 aliphatic rings. The highest BCUT2D eigenvalue weighted by atomic mass is 16.5. The molecule has 88 valence electrons. The zero-order valence-electron chi connectivity index (χ0n) is 9.33. The number of carbonyl (C=O) groups is 1. The van der Waals surface area contributed by atoms with E-state index in [0.717, 1.165) is 5.69 Å². The Morgan fingerprint density at radius 2 is 2.24 bits per heavy atom. The van der Waals surface area contributed by atoms with Crippen LogP contribution in [0.3, 0.4) is 0 Å². The van der Waals surface area contributed by atoms with Gasteiger partial charge in [0.2, 0.25) is 0 Å². The summed E-state index contributed by atoms with van der Waals surface area (Å²) < 4.78 is 7.30. The van der Waals surface area contributed by atoms with E-state index in [2.05, 4.69) is 4.98 Å².